The van der Waals surface area contributed by atoms with Crippen LogP contribution in [0.1, 0.15) is 79.9 Å². The highest BCUT2D eigenvalue weighted by Gasteiger charge is 2.35. The Bertz CT molecular complexity index is 1180. The number of hydrogen-bond donors (Lipinski definition) is 3. The molecule has 1 aliphatic rings. The maximum absolute atomic E-state index is 12.8. The Kier molecular flexibility index (Phi) is 10.5. The molecule has 0 radical (unpaired) electrons. The molecule has 0 heterocycles. The van der Waals surface area contributed by atoms with Crippen molar-refractivity contribution in [3.05, 3.63) is 70.8 Å². The molecule has 9 heteroatoms. The lowest BCUT2D eigenvalue weighted by atomic mass is 9.72. The first kappa shape index (κ1) is 29.8. The second kappa shape index (κ2) is 13.4. The van der Waals surface area contributed by atoms with Crippen LogP contribution in [0.15, 0.2) is 48.5 Å². The van der Waals surface area contributed by atoms with Gasteiger partial charge in [0.05, 0.1) is 18.3 Å². The fourth-order valence-corrected chi connectivity index (χ4v) is 6.15. The molecule has 0 saturated heterocycles. The maximum atomic E-state index is 12.8. The molecule has 0 aromatic heterocycles. The summed E-state index contributed by atoms with van der Waals surface area (Å²) in [5.74, 6) is -0.709. The highest BCUT2D eigenvalue weighted by atomic mass is 32.2. The molecule has 0 bridgehead atoms. The maximum Gasteiger partial charge on any atom is 0.305 e. The van der Waals surface area contributed by atoms with Gasteiger partial charge in [-0.1, -0.05) is 57.2 Å². The van der Waals surface area contributed by atoms with Crippen LogP contribution in [0.25, 0.3) is 0 Å². The van der Waals surface area contributed by atoms with Crippen LogP contribution in [0.2, 0.25) is 0 Å². The first-order valence-electron chi connectivity index (χ1n) is 13.2. The molecule has 2 aromatic rings. The zero-order valence-corrected chi connectivity index (χ0v) is 23.4. The number of carboxylic acids is 1. The zero-order valence-electron chi connectivity index (χ0n) is 22.5. The van der Waals surface area contributed by atoms with Crippen molar-refractivity contribution in [1.82, 2.24) is 10.6 Å². The molecule has 38 heavy (non-hydrogen) atoms. The van der Waals surface area contributed by atoms with Crippen LogP contribution >= 0.6 is 0 Å². The van der Waals surface area contributed by atoms with Gasteiger partial charge in [0.1, 0.15) is 0 Å². The Morgan fingerprint density at radius 3 is 2.21 bits per heavy atom. The molecule has 1 aliphatic carbocycles. The molecule has 1 fully saturated rings. The third-order valence-electron chi connectivity index (χ3n) is 7.19. The summed E-state index contributed by atoms with van der Waals surface area (Å²) in [5.41, 5.74) is 3.51. The number of hydrogen-bond acceptors (Lipinski definition) is 6. The van der Waals surface area contributed by atoms with E-state index >= 15 is 0 Å². The predicted molar refractivity (Wildman–Crippen MR) is 147 cm³/mol. The van der Waals surface area contributed by atoms with Crippen LogP contribution in [-0.4, -0.2) is 37.2 Å². The number of nitrogens with one attached hydrogen (secondary N) is 2. The topological polar surface area (TPSA) is 122 Å². The van der Waals surface area contributed by atoms with E-state index in [-0.39, 0.29) is 30.9 Å². The summed E-state index contributed by atoms with van der Waals surface area (Å²) in [5, 5.41) is 14.2. The minimum absolute atomic E-state index is 0.0331. The van der Waals surface area contributed by atoms with Crippen LogP contribution in [0.3, 0.4) is 0 Å². The first-order valence-corrected chi connectivity index (χ1v) is 14.7. The average Bonchev–Trinajstić information content (AvgIpc) is 2.87. The Labute approximate surface area is 226 Å². The van der Waals surface area contributed by atoms with E-state index in [0.29, 0.717) is 37.4 Å². The molecule has 3 rings (SSSR count). The number of rotatable bonds is 12. The van der Waals surface area contributed by atoms with Crippen molar-refractivity contribution in [3.63, 3.8) is 0 Å². The number of carbonyl (C=O) groups is 2. The van der Waals surface area contributed by atoms with E-state index in [1.165, 1.54) is 0 Å². The third-order valence-corrected chi connectivity index (χ3v) is 8.92. The van der Waals surface area contributed by atoms with Gasteiger partial charge in [0, 0.05) is 25.2 Å². The smallest absolute Gasteiger partial charge is 0.305 e. The molecule has 0 unspecified atom stereocenters. The molecule has 0 atom stereocenters. The fourth-order valence-electron chi connectivity index (χ4n) is 4.80. The van der Waals surface area contributed by atoms with E-state index in [0.717, 1.165) is 29.5 Å². The number of aliphatic carboxylic acids is 1. The van der Waals surface area contributed by atoms with Crippen molar-refractivity contribution in [2.45, 2.75) is 77.8 Å². The van der Waals surface area contributed by atoms with Crippen LogP contribution in [0, 0.1) is 11.3 Å². The normalized spacial score (nSPS) is 18.2. The molecule has 2 aromatic carbocycles. The van der Waals surface area contributed by atoms with E-state index < -0.39 is 21.3 Å². The van der Waals surface area contributed by atoms with Crippen molar-refractivity contribution < 1.29 is 27.3 Å². The second-order valence-corrected chi connectivity index (χ2v) is 13.0. The fraction of sp³-hybridized carbons (Fsp3) is 0.517. The van der Waals surface area contributed by atoms with Gasteiger partial charge in [-0.25, -0.2) is 0 Å². The van der Waals surface area contributed by atoms with Gasteiger partial charge in [0.2, 0.25) is 0 Å². The summed E-state index contributed by atoms with van der Waals surface area (Å²) in [6.45, 7) is 7.96. The zero-order chi connectivity index (χ0) is 27.8. The number of carboxylic acid groups (broad SMARTS) is 1. The van der Waals surface area contributed by atoms with Crippen molar-refractivity contribution in [2.75, 3.05) is 6.54 Å². The van der Waals surface area contributed by atoms with Crippen LogP contribution < -0.4 is 10.6 Å². The van der Waals surface area contributed by atoms with Crippen LogP contribution in [-0.2, 0) is 38.8 Å². The van der Waals surface area contributed by atoms with Crippen molar-refractivity contribution in [1.29, 1.82) is 0 Å². The molecule has 0 spiro atoms. The summed E-state index contributed by atoms with van der Waals surface area (Å²) in [4.78, 5) is 22.6. The molecule has 8 nitrogen and oxygen atoms in total. The highest BCUT2D eigenvalue weighted by Crippen LogP contribution is 2.39. The van der Waals surface area contributed by atoms with Gasteiger partial charge in [-0.15, -0.1) is 0 Å². The number of amides is 1. The summed E-state index contributed by atoms with van der Waals surface area (Å²) in [7, 11) is -3.61. The highest BCUT2D eigenvalue weighted by molar-refractivity contribution is 7.87. The van der Waals surface area contributed by atoms with Gasteiger partial charge in [0.15, 0.2) is 0 Å². The number of carbonyl (C=O) groups excluding carboxylic acids is 1. The largest absolute Gasteiger partial charge is 0.481 e. The summed E-state index contributed by atoms with van der Waals surface area (Å²) >= 11 is 0. The Morgan fingerprint density at radius 1 is 0.947 bits per heavy atom. The van der Waals surface area contributed by atoms with Gasteiger partial charge in [-0.2, -0.15) is 8.42 Å². The summed E-state index contributed by atoms with van der Waals surface area (Å²) in [6, 6.07) is 14.8. The lowest BCUT2D eigenvalue weighted by Crippen LogP contribution is -2.32. The summed E-state index contributed by atoms with van der Waals surface area (Å²) < 4.78 is 31.0. The molecule has 1 saturated carbocycles. The molecule has 0 aliphatic heterocycles. The monoisotopic (exact) mass is 544 g/mol. The van der Waals surface area contributed by atoms with Gasteiger partial charge in [0.25, 0.3) is 16.0 Å². The van der Waals surface area contributed by atoms with Crippen molar-refractivity contribution >= 4 is 22.0 Å². The Morgan fingerprint density at radius 2 is 1.58 bits per heavy atom. The van der Waals surface area contributed by atoms with Crippen molar-refractivity contribution in [2.24, 2.45) is 11.3 Å². The van der Waals surface area contributed by atoms with E-state index in [1.807, 2.05) is 36.4 Å². The molecule has 208 valence electrons. The molecule has 3 N–H and O–H groups in total. The van der Waals surface area contributed by atoms with Gasteiger partial charge in [-0.3, -0.25) is 13.8 Å². The second-order valence-electron chi connectivity index (χ2n) is 11.1. The first-order chi connectivity index (χ1) is 17.9. The van der Waals surface area contributed by atoms with E-state index in [2.05, 4.69) is 31.4 Å². The third kappa shape index (κ3) is 9.22. The van der Waals surface area contributed by atoms with Gasteiger partial charge < -0.3 is 15.7 Å². The Balaban J connectivity index is 1.43. The quantitative estimate of drug-likeness (QED) is 0.333. The predicted octanol–water partition coefficient (Wildman–Crippen LogP) is 4.63. The van der Waals surface area contributed by atoms with Crippen LogP contribution in [0.4, 0.5) is 0 Å². The van der Waals surface area contributed by atoms with Crippen LogP contribution in [0.5, 0.6) is 0 Å². The minimum Gasteiger partial charge on any atom is -0.481 e. The SMILES string of the molecule is CC(C)(C)[C@H]1CC[C@H](S(=O)(=O)OCc2cccc(CNCc3ccc(C(=O)NCCC(=O)O)cc3)c2)CC1. The van der Waals surface area contributed by atoms with Gasteiger partial charge in [-0.05, 0) is 65.8 Å². The lowest BCUT2D eigenvalue weighted by molar-refractivity contribution is -0.136. The van der Waals surface area contributed by atoms with E-state index in [4.69, 9.17) is 9.29 Å². The molecular weight excluding hydrogens is 504 g/mol. The van der Waals surface area contributed by atoms with Gasteiger partial charge >= 0.3 is 5.97 Å². The van der Waals surface area contributed by atoms with Crippen molar-refractivity contribution in [3.8, 4) is 0 Å². The average molecular weight is 545 g/mol. The van der Waals surface area contributed by atoms with E-state index in [9.17, 15) is 18.0 Å². The number of benzene rings is 2. The van der Waals surface area contributed by atoms with E-state index in [1.54, 1.807) is 12.1 Å². The Hall–Kier alpha value is -2.75. The summed E-state index contributed by atoms with van der Waals surface area (Å²) in [6.07, 6.45) is 3.03. The minimum atomic E-state index is -3.61. The lowest BCUT2D eigenvalue weighted by Gasteiger charge is -2.36. The molecule has 1 amide bonds. The molecular formula is C29H40N2O6S. The standard InChI is InChI=1S/C29H40N2O6S/c1-29(2,3)25-11-13-26(14-12-25)38(35,36)37-20-23-6-4-5-22(17-23)19-30-18-21-7-9-24(10-8-21)28(34)31-16-15-27(32)33/h4-10,17,25-26,30H,11-16,18-20H2,1-3H3,(H,31,34)(H,32,33)/t25-,26-.